The summed E-state index contributed by atoms with van der Waals surface area (Å²) in [5.74, 6) is -1.82. The Balaban J connectivity index is 1.89. The highest BCUT2D eigenvalue weighted by molar-refractivity contribution is 8.18. The molecule has 3 rings (SSSR count). The van der Waals surface area contributed by atoms with Crippen LogP contribution in [0.25, 0.3) is 6.08 Å². The molecular weight excluding hydrogens is 399 g/mol. The van der Waals surface area contributed by atoms with Gasteiger partial charge in [0.05, 0.1) is 16.4 Å². The van der Waals surface area contributed by atoms with E-state index in [1.54, 1.807) is 0 Å². The van der Waals surface area contributed by atoms with Crippen molar-refractivity contribution in [1.82, 2.24) is 4.90 Å². The van der Waals surface area contributed by atoms with Crippen molar-refractivity contribution in [3.8, 4) is 5.75 Å². The second-order valence-corrected chi connectivity index (χ2v) is 6.87. The Morgan fingerprint density at radius 1 is 1.30 bits per heavy atom. The second kappa shape index (κ2) is 7.37. The van der Waals surface area contributed by atoms with Crippen molar-refractivity contribution in [3.63, 3.8) is 0 Å². The molecule has 1 saturated heterocycles. The van der Waals surface area contributed by atoms with Gasteiger partial charge >= 0.3 is 5.69 Å². The summed E-state index contributed by atoms with van der Waals surface area (Å²) in [6.07, 6.45) is 1.29. The summed E-state index contributed by atoms with van der Waals surface area (Å²) in [7, 11) is 0. The lowest BCUT2D eigenvalue weighted by Crippen LogP contribution is -2.28. The molecule has 0 bridgehead atoms. The molecule has 0 unspecified atom stereocenters. The van der Waals surface area contributed by atoms with Gasteiger partial charge in [0.15, 0.2) is 5.75 Å². The summed E-state index contributed by atoms with van der Waals surface area (Å²) in [6, 6.07) is 7.59. The first-order valence-electron chi connectivity index (χ1n) is 7.43. The summed E-state index contributed by atoms with van der Waals surface area (Å²) in [5.41, 5.74) is -0.252. The number of benzene rings is 2. The molecule has 0 spiro atoms. The second-order valence-electron chi connectivity index (χ2n) is 5.47. The number of rotatable bonds is 4. The third-order valence-corrected chi connectivity index (χ3v) is 5.01. The van der Waals surface area contributed by atoms with Crippen molar-refractivity contribution in [1.29, 1.82) is 0 Å². The van der Waals surface area contributed by atoms with Gasteiger partial charge in [0, 0.05) is 16.7 Å². The fourth-order valence-corrected chi connectivity index (χ4v) is 3.47. The molecule has 1 N–H and O–H groups in total. The van der Waals surface area contributed by atoms with Gasteiger partial charge in [0.2, 0.25) is 0 Å². The molecule has 1 aliphatic rings. The molecule has 10 heteroatoms. The molecule has 1 heterocycles. The lowest BCUT2D eigenvalue weighted by molar-refractivity contribution is -0.385. The van der Waals surface area contributed by atoms with E-state index in [4.69, 9.17) is 11.6 Å². The Morgan fingerprint density at radius 2 is 2.04 bits per heavy atom. The number of nitro groups is 1. The molecule has 7 nitrogen and oxygen atoms in total. The first kappa shape index (κ1) is 18.9. The highest BCUT2D eigenvalue weighted by Crippen LogP contribution is 2.35. The van der Waals surface area contributed by atoms with Crippen LogP contribution in [0.2, 0.25) is 5.02 Å². The van der Waals surface area contributed by atoms with E-state index < -0.39 is 33.3 Å². The van der Waals surface area contributed by atoms with Gasteiger partial charge in [-0.05, 0) is 41.6 Å². The number of thioether (sulfide) groups is 1. The van der Waals surface area contributed by atoms with Crippen molar-refractivity contribution in [2.45, 2.75) is 6.54 Å². The Kier molecular flexibility index (Phi) is 5.15. The Bertz CT molecular complexity index is 991. The van der Waals surface area contributed by atoms with Crippen molar-refractivity contribution in [3.05, 3.63) is 73.4 Å². The van der Waals surface area contributed by atoms with E-state index >= 15 is 0 Å². The fraction of sp³-hybridized carbons (Fsp3) is 0.0588. The molecule has 138 valence electrons. The predicted octanol–water partition coefficient (Wildman–Crippen LogP) is 4.33. The standard InChI is InChI=1S/C17H10ClFN2O5S/c18-11-2-1-3-12(19)10(11)8-20-16(23)15(27-17(20)24)7-9-4-5-14(22)13(6-9)21(25)26/h1-7,22H,8H2/b15-7+. The topological polar surface area (TPSA) is 101 Å². The Hall–Kier alpha value is -2.91. The zero-order valence-electron chi connectivity index (χ0n) is 13.4. The largest absolute Gasteiger partial charge is 0.502 e. The molecule has 0 atom stereocenters. The van der Waals surface area contributed by atoms with Crippen LogP contribution in [0.5, 0.6) is 5.75 Å². The van der Waals surface area contributed by atoms with E-state index in [9.17, 15) is 29.2 Å². The van der Waals surface area contributed by atoms with Gasteiger partial charge < -0.3 is 5.11 Å². The zero-order valence-corrected chi connectivity index (χ0v) is 15.0. The number of hydrogen-bond donors (Lipinski definition) is 1. The van der Waals surface area contributed by atoms with Crippen molar-refractivity contribution >= 4 is 46.3 Å². The number of amides is 2. The van der Waals surface area contributed by atoms with Crippen LogP contribution < -0.4 is 0 Å². The van der Waals surface area contributed by atoms with Gasteiger partial charge in [-0.3, -0.25) is 24.6 Å². The van der Waals surface area contributed by atoms with Crippen molar-refractivity contribution < 1.29 is 24.0 Å². The predicted molar refractivity (Wildman–Crippen MR) is 97.7 cm³/mol. The normalized spacial score (nSPS) is 15.6. The maximum atomic E-state index is 13.9. The maximum Gasteiger partial charge on any atom is 0.311 e. The number of carbonyl (C=O) groups is 2. The van der Waals surface area contributed by atoms with Gasteiger partial charge in [-0.1, -0.05) is 23.7 Å². The smallest absolute Gasteiger partial charge is 0.311 e. The Labute approximate surface area is 161 Å². The quantitative estimate of drug-likeness (QED) is 0.459. The van der Waals surface area contributed by atoms with Crippen LogP contribution in [-0.2, 0) is 11.3 Å². The summed E-state index contributed by atoms with van der Waals surface area (Å²) in [5, 5.41) is 19.8. The van der Waals surface area contributed by atoms with E-state index in [2.05, 4.69) is 0 Å². The minimum Gasteiger partial charge on any atom is -0.502 e. The number of phenolic OH excluding ortho intramolecular Hbond substituents is 1. The molecule has 2 aromatic carbocycles. The molecule has 2 amide bonds. The number of imide groups is 1. The first-order chi connectivity index (χ1) is 12.8. The third-order valence-electron chi connectivity index (χ3n) is 3.75. The van der Waals surface area contributed by atoms with Crippen LogP contribution in [0.4, 0.5) is 14.9 Å². The minimum absolute atomic E-state index is 0.0167. The van der Waals surface area contributed by atoms with Crippen LogP contribution in [0, 0.1) is 15.9 Å². The number of halogens is 2. The molecule has 2 aromatic rings. The molecule has 27 heavy (non-hydrogen) atoms. The SMILES string of the molecule is O=C1S/C(=C/c2ccc(O)c([N+](=O)[O-])c2)C(=O)N1Cc1c(F)cccc1Cl. The summed E-state index contributed by atoms with van der Waals surface area (Å²) in [6.45, 7) is -0.330. The first-order valence-corrected chi connectivity index (χ1v) is 8.63. The highest BCUT2D eigenvalue weighted by Gasteiger charge is 2.36. The van der Waals surface area contributed by atoms with Gasteiger partial charge in [0.1, 0.15) is 5.82 Å². The lowest BCUT2D eigenvalue weighted by atomic mass is 10.1. The average Bonchev–Trinajstić information content (AvgIpc) is 2.86. The van der Waals surface area contributed by atoms with Gasteiger partial charge in [-0.2, -0.15) is 0 Å². The number of phenols is 1. The fourth-order valence-electron chi connectivity index (χ4n) is 2.41. The zero-order chi connectivity index (χ0) is 19.7. The van der Waals surface area contributed by atoms with E-state index in [0.717, 1.165) is 17.0 Å². The van der Waals surface area contributed by atoms with Gasteiger partial charge in [-0.25, -0.2) is 4.39 Å². The third kappa shape index (κ3) is 3.79. The van der Waals surface area contributed by atoms with Crippen LogP contribution >= 0.6 is 23.4 Å². The Morgan fingerprint density at radius 3 is 2.70 bits per heavy atom. The van der Waals surface area contributed by atoms with E-state index in [1.807, 2.05) is 0 Å². The number of carbonyl (C=O) groups excluding carboxylic acids is 2. The molecule has 0 aliphatic carbocycles. The maximum absolute atomic E-state index is 13.9. The van der Waals surface area contributed by atoms with E-state index in [1.165, 1.54) is 30.3 Å². The molecular formula is C17H10ClFN2O5S. The number of hydrogen-bond acceptors (Lipinski definition) is 6. The van der Waals surface area contributed by atoms with Crippen LogP contribution in [0.1, 0.15) is 11.1 Å². The lowest BCUT2D eigenvalue weighted by Gasteiger charge is -2.14. The van der Waals surface area contributed by atoms with Crippen LogP contribution in [0.15, 0.2) is 41.3 Å². The summed E-state index contributed by atoms with van der Waals surface area (Å²) >= 11 is 6.56. The monoisotopic (exact) mass is 408 g/mol. The van der Waals surface area contributed by atoms with Gasteiger partial charge in [0.25, 0.3) is 11.1 Å². The average molecular weight is 409 g/mol. The summed E-state index contributed by atoms with van der Waals surface area (Å²) < 4.78 is 13.9. The highest BCUT2D eigenvalue weighted by atomic mass is 35.5. The summed E-state index contributed by atoms with van der Waals surface area (Å²) in [4.78, 5) is 35.6. The molecule has 0 radical (unpaired) electrons. The number of nitro benzene ring substituents is 1. The molecule has 0 saturated carbocycles. The minimum atomic E-state index is -0.765. The molecule has 0 aromatic heterocycles. The van der Waals surface area contributed by atoms with Crippen molar-refractivity contribution in [2.75, 3.05) is 0 Å². The van der Waals surface area contributed by atoms with Crippen molar-refractivity contribution in [2.24, 2.45) is 0 Å². The van der Waals surface area contributed by atoms with Crippen LogP contribution in [0.3, 0.4) is 0 Å². The van der Waals surface area contributed by atoms with E-state index in [0.29, 0.717) is 11.8 Å². The van der Waals surface area contributed by atoms with Crippen LogP contribution in [-0.4, -0.2) is 26.1 Å². The number of aromatic hydroxyl groups is 1. The van der Waals surface area contributed by atoms with E-state index in [-0.39, 0.29) is 27.6 Å². The number of nitrogens with zero attached hydrogens (tertiary/aromatic N) is 2. The van der Waals surface area contributed by atoms with Gasteiger partial charge in [-0.15, -0.1) is 0 Å². The molecule has 1 aliphatic heterocycles. The molecule has 1 fully saturated rings.